The van der Waals surface area contributed by atoms with E-state index in [0.717, 1.165) is 82.8 Å². The Morgan fingerprint density at radius 3 is 2.22 bits per heavy atom. The smallest absolute Gasteiger partial charge is 0.254 e. The second-order valence-electron chi connectivity index (χ2n) is 8.97. The third-order valence-electron chi connectivity index (χ3n) is 6.80. The van der Waals surface area contributed by atoms with E-state index in [0.29, 0.717) is 5.78 Å². The highest BCUT2D eigenvalue weighted by atomic mass is 15.4. The fourth-order valence-electron chi connectivity index (χ4n) is 4.86. The van der Waals surface area contributed by atoms with Crippen molar-refractivity contribution in [3.8, 4) is 0 Å². The minimum absolute atomic E-state index is 0.714. The lowest BCUT2D eigenvalue weighted by atomic mass is 10.1. The van der Waals surface area contributed by atoms with Crippen LogP contribution in [0, 0.1) is 13.8 Å². The first-order valence-corrected chi connectivity index (χ1v) is 11.8. The quantitative estimate of drug-likeness (QED) is 0.610. The summed E-state index contributed by atoms with van der Waals surface area (Å²) in [7, 11) is 0. The monoisotopic (exact) mass is 434 g/mol. The van der Waals surface area contributed by atoms with E-state index in [1.807, 2.05) is 11.4 Å². The van der Waals surface area contributed by atoms with Gasteiger partial charge in [-0.05, 0) is 32.0 Å². The zero-order chi connectivity index (χ0) is 22.1. The maximum atomic E-state index is 4.89. The minimum Gasteiger partial charge on any atom is -0.369 e. The minimum atomic E-state index is 0.714. The number of anilines is 2. The number of hydrogen-bond donors (Lipinski definition) is 0. The number of rotatable bonds is 5. The van der Waals surface area contributed by atoms with Crippen molar-refractivity contribution >= 4 is 17.3 Å². The van der Waals surface area contributed by atoms with E-state index < -0.39 is 0 Å². The summed E-state index contributed by atoms with van der Waals surface area (Å²) in [6.07, 6.45) is 0. The van der Waals surface area contributed by atoms with Gasteiger partial charge in [-0.25, -0.2) is 4.98 Å². The van der Waals surface area contributed by atoms with Crippen molar-refractivity contribution < 1.29 is 0 Å². The standard InChI is InChI=1S/C24H34N8/c1-4-28-9-15-31(16-10-28)23-17-20(3)25-24-26-22(27-32(23)24)18-29-11-13-30(14-12-29)21-8-6-5-7-19(21)2/h5-8,17H,4,9-16,18H2,1-3H3. The molecule has 4 heterocycles. The second-order valence-corrected chi connectivity index (χ2v) is 8.97. The molecule has 0 unspecified atom stereocenters. The number of fused-ring (bicyclic) bond motifs is 1. The molecule has 170 valence electrons. The van der Waals surface area contributed by atoms with E-state index >= 15 is 0 Å². The highest BCUT2D eigenvalue weighted by molar-refractivity contribution is 5.53. The summed E-state index contributed by atoms with van der Waals surface area (Å²) in [6, 6.07) is 10.8. The van der Waals surface area contributed by atoms with Crippen LogP contribution >= 0.6 is 0 Å². The molecule has 5 rings (SSSR count). The van der Waals surface area contributed by atoms with Crippen LogP contribution in [0.3, 0.4) is 0 Å². The Hall–Kier alpha value is -2.71. The van der Waals surface area contributed by atoms with Crippen molar-refractivity contribution in [1.82, 2.24) is 29.4 Å². The molecule has 32 heavy (non-hydrogen) atoms. The Morgan fingerprint density at radius 1 is 0.812 bits per heavy atom. The van der Waals surface area contributed by atoms with Crippen molar-refractivity contribution in [1.29, 1.82) is 0 Å². The molecule has 1 aromatic carbocycles. The van der Waals surface area contributed by atoms with Gasteiger partial charge in [0.15, 0.2) is 5.82 Å². The van der Waals surface area contributed by atoms with Gasteiger partial charge in [0, 0.05) is 69.8 Å². The van der Waals surface area contributed by atoms with Gasteiger partial charge in [0.1, 0.15) is 5.82 Å². The maximum absolute atomic E-state index is 4.89. The van der Waals surface area contributed by atoms with Gasteiger partial charge in [-0.1, -0.05) is 25.1 Å². The largest absolute Gasteiger partial charge is 0.369 e. The fourth-order valence-corrected chi connectivity index (χ4v) is 4.86. The zero-order valence-electron chi connectivity index (χ0n) is 19.5. The molecule has 2 aliphatic rings. The van der Waals surface area contributed by atoms with Crippen LogP contribution in [-0.2, 0) is 6.54 Å². The number of hydrogen-bond acceptors (Lipinski definition) is 7. The Bertz CT molecular complexity index is 1060. The Morgan fingerprint density at radius 2 is 1.50 bits per heavy atom. The van der Waals surface area contributed by atoms with E-state index in [-0.39, 0.29) is 0 Å². The molecular formula is C24H34N8. The Labute approximate surface area is 190 Å². The van der Waals surface area contributed by atoms with Crippen molar-refractivity contribution in [3.05, 3.63) is 47.4 Å². The first-order valence-electron chi connectivity index (χ1n) is 11.8. The van der Waals surface area contributed by atoms with Crippen molar-refractivity contribution in [2.45, 2.75) is 27.3 Å². The number of benzene rings is 1. The number of nitrogens with zero attached hydrogens (tertiary/aromatic N) is 8. The molecule has 0 amide bonds. The molecule has 2 saturated heterocycles. The van der Waals surface area contributed by atoms with Gasteiger partial charge >= 0.3 is 0 Å². The van der Waals surface area contributed by atoms with E-state index in [1.165, 1.54) is 11.3 Å². The average Bonchev–Trinajstić information content (AvgIpc) is 3.21. The predicted octanol–water partition coefficient (Wildman–Crippen LogP) is 2.21. The average molecular weight is 435 g/mol. The molecule has 0 spiro atoms. The normalized spacial score (nSPS) is 18.6. The second kappa shape index (κ2) is 9.03. The first-order chi connectivity index (χ1) is 15.6. The highest BCUT2D eigenvalue weighted by Crippen LogP contribution is 2.22. The molecule has 0 aliphatic carbocycles. The van der Waals surface area contributed by atoms with Crippen LogP contribution in [0.25, 0.3) is 5.78 Å². The number of piperazine rings is 2. The Kier molecular flexibility index (Phi) is 5.97. The van der Waals surface area contributed by atoms with Crippen LogP contribution in [0.15, 0.2) is 30.3 Å². The van der Waals surface area contributed by atoms with Crippen molar-refractivity contribution in [2.75, 3.05) is 68.7 Å². The summed E-state index contributed by atoms with van der Waals surface area (Å²) in [6.45, 7) is 16.7. The lowest BCUT2D eigenvalue weighted by Crippen LogP contribution is -2.46. The third kappa shape index (κ3) is 4.29. The molecule has 0 bridgehead atoms. The van der Waals surface area contributed by atoms with Crippen LogP contribution < -0.4 is 9.80 Å². The zero-order valence-corrected chi connectivity index (χ0v) is 19.5. The van der Waals surface area contributed by atoms with Gasteiger partial charge < -0.3 is 14.7 Å². The van der Waals surface area contributed by atoms with Gasteiger partial charge in [0.25, 0.3) is 5.78 Å². The number of likely N-dealkylation sites (N-methyl/N-ethyl adjacent to an activating group) is 1. The van der Waals surface area contributed by atoms with Crippen molar-refractivity contribution in [2.24, 2.45) is 0 Å². The molecule has 0 radical (unpaired) electrons. The molecule has 0 N–H and O–H groups in total. The van der Waals surface area contributed by atoms with E-state index in [1.54, 1.807) is 0 Å². The lowest BCUT2D eigenvalue weighted by Gasteiger charge is -2.36. The fraction of sp³-hybridized carbons (Fsp3) is 0.542. The molecule has 2 fully saturated rings. The van der Waals surface area contributed by atoms with Gasteiger partial charge in [0.05, 0.1) is 6.54 Å². The topological polar surface area (TPSA) is 56.0 Å². The van der Waals surface area contributed by atoms with E-state index in [9.17, 15) is 0 Å². The van der Waals surface area contributed by atoms with E-state index in [4.69, 9.17) is 10.1 Å². The van der Waals surface area contributed by atoms with Gasteiger partial charge in [-0.15, -0.1) is 5.10 Å². The van der Waals surface area contributed by atoms with E-state index in [2.05, 4.69) is 68.8 Å². The van der Waals surface area contributed by atoms with Crippen LogP contribution in [-0.4, -0.2) is 88.3 Å². The van der Waals surface area contributed by atoms with Crippen molar-refractivity contribution in [3.63, 3.8) is 0 Å². The van der Waals surface area contributed by atoms with Crippen LogP contribution in [0.4, 0.5) is 11.5 Å². The molecule has 2 aromatic heterocycles. The summed E-state index contributed by atoms with van der Waals surface area (Å²) in [4.78, 5) is 19.3. The predicted molar refractivity (Wildman–Crippen MR) is 129 cm³/mol. The molecule has 2 aliphatic heterocycles. The van der Waals surface area contributed by atoms with Crippen LogP contribution in [0.1, 0.15) is 24.0 Å². The summed E-state index contributed by atoms with van der Waals surface area (Å²) >= 11 is 0. The molecule has 3 aromatic rings. The summed E-state index contributed by atoms with van der Waals surface area (Å²) in [5.41, 5.74) is 3.69. The van der Waals surface area contributed by atoms with Gasteiger partial charge in [0.2, 0.25) is 0 Å². The SMILES string of the molecule is CCN1CCN(c2cc(C)nc3nc(CN4CCN(c5ccccc5C)CC4)nn23)CC1. The first kappa shape index (κ1) is 21.2. The Balaban J connectivity index is 1.28. The van der Waals surface area contributed by atoms with Crippen LogP contribution in [0.5, 0.6) is 0 Å². The van der Waals surface area contributed by atoms with Gasteiger partial charge in [-0.3, -0.25) is 4.90 Å². The van der Waals surface area contributed by atoms with Crippen LogP contribution in [0.2, 0.25) is 0 Å². The number of aryl methyl sites for hydroxylation is 2. The lowest BCUT2D eigenvalue weighted by molar-refractivity contribution is 0.244. The molecule has 8 heteroatoms. The third-order valence-corrected chi connectivity index (χ3v) is 6.80. The number of aromatic nitrogens is 4. The molecule has 0 atom stereocenters. The molecular weight excluding hydrogens is 400 g/mol. The summed E-state index contributed by atoms with van der Waals surface area (Å²) in [5, 5.41) is 4.89. The summed E-state index contributed by atoms with van der Waals surface area (Å²) in [5.74, 6) is 2.69. The number of para-hydroxylation sites is 1. The van der Waals surface area contributed by atoms with Gasteiger partial charge in [-0.2, -0.15) is 9.50 Å². The highest BCUT2D eigenvalue weighted by Gasteiger charge is 2.22. The molecule has 8 nitrogen and oxygen atoms in total. The maximum Gasteiger partial charge on any atom is 0.254 e. The summed E-state index contributed by atoms with van der Waals surface area (Å²) < 4.78 is 1.95. The molecule has 0 saturated carbocycles.